The zero-order valence-corrected chi connectivity index (χ0v) is 16.5. The third-order valence-corrected chi connectivity index (χ3v) is 6.74. The van der Waals surface area contributed by atoms with E-state index < -0.39 is 0 Å². The predicted molar refractivity (Wildman–Crippen MR) is 110 cm³/mol. The molecule has 1 spiro atoms. The summed E-state index contributed by atoms with van der Waals surface area (Å²) in [6, 6.07) is 16.7. The van der Waals surface area contributed by atoms with E-state index in [2.05, 4.69) is 36.4 Å². The Balaban J connectivity index is 1.23. The summed E-state index contributed by atoms with van der Waals surface area (Å²) < 4.78 is 11.8. The van der Waals surface area contributed by atoms with Crippen LogP contribution in [0.3, 0.4) is 0 Å². The topological polar surface area (TPSA) is 59.0 Å². The first-order chi connectivity index (χ1) is 14.2. The molecule has 3 aliphatic rings. The minimum atomic E-state index is -0.287. The van der Waals surface area contributed by atoms with Crippen molar-refractivity contribution in [1.82, 2.24) is 4.90 Å². The molecule has 5 rings (SSSR count). The van der Waals surface area contributed by atoms with Crippen LogP contribution in [0.2, 0.25) is 0 Å². The molecule has 2 aromatic rings. The molecule has 2 fully saturated rings. The summed E-state index contributed by atoms with van der Waals surface area (Å²) in [6.45, 7) is 2.18. The molecule has 0 saturated carbocycles. The summed E-state index contributed by atoms with van der Waals surface area (Å²) >= 11 is 0. The van der Waals surface area contributed by atoms with E-state index in [1.807, 2.05) is 12.1 Å². The van der Waals surface area contributed by atoms with Crippen LogP contribution in [0.25, 0.3) is 11.1 Å². The normalized spacial score (nSPS) is 22.9. The Morgan fingerprint density at radius 1 is 1.07 bits per heavy atom. The highest BCUT2D eigenvalue weighted by Crippen LogP contribution is 2.44. The highest BCUT2D eigenvalue weighted by molar-refractivity contribution is 5.79. The zero-order chi connectivity index (χ0) is 19.8. The number of ether oxygens (including phenoxy) is 2. The number of nitrogens with zero attached hydrogens (tertiary/aromatic N) is 1. The number of carbonyl (C=O) groups is 1. The van der Waals surface area contributed by atoms with E-state index in [0.29, 0.717) is 39.1 Å². The van der Waals surface area contributed by atoms with E-state index in [4.69, 9.17) is 9.47 Å². The Morgan fingerprint density at radius 2 is 1.69 bits per heavy atom. The first-order valence-corrected chi connectivity index (χ1v) is 10.6. The lowest BCUT2D eigenvalue weighted by atomic mass is 9.83. The molecule has 152 valence electrons. The lowest BCUT2D eigenvalue weighted by Gasteiger charge is -2.44. The van der Waals surface area contributed by atoms with Crippen LogP contribution < -0.4 is 0 Å². The Kier molecular flexibility index (Phi) is 4.80. The quantitative estimate of drug-likeness (QED) is 0.840. The summed E-state index contributed by atoms with van der Waals surface area (Å²) in [6.07, 6.45) is 2.36. The second-order valence-electron chi connectivity index (χ2n) is 8.47. The Bertz CT molecular complexity index is 858. The molecule has 1 atom stereocenters. The molecule has 1 N–H and O–H groups in total. The van der Waals surface area contributed by atoms with Crippen molar-refractivity contribution < 1.29 is 19.4 Å². The number of amides is 1. The van der Waals surface area contributed by atoms with Crippen LogP contribution >= 0.6 is 0 Å². The number of likely N-dealkylation sites (tertiary alicyclic amines) is 1. The molecule has 2 aromatic carbocycles. The average molecular weight is 393 g/mol. The van der Waals surface area contributed by atoms with Gasteiger partial charge in [0.1, 0.15) is 6.61 Å². The van der Waals surface area contributed by atoms with Gasteiger partial charge in [-0.05, 0) is 41.5 Å². The number of aliphatic hydroxyl groups excluding tert-OH is 1. The fourth-order valence-corrected chi connectivity index (χ4v) is 5.13. The molecule has 0 bridgehead atoms. The lowest BCUT2D eigenvalue weighted by Crippen LogP contribution is -2.51. The van der Waals surface area contributed by atoms with Crippen molar-refractivity contribution in [3.8, 4) is 11.1 Å². The van der Waals surface area contributed by atoms with Crippen molar-refractivity contribution in [2.45, 2.75) is 43.3 Å². The van der Waals surface area contributed by atoms with E-state index in [1.54, 1.807) is 4.90 Å². The van der Waals surface area contributed by atoms with E-state index in [1.165, 1.54) is 22.3 Å². The number of fused-ring (bicyclic) bond motifs is 3. The summed E-state index contributed by atoms with van der Waals surface area (Å²) in [5, 5.41) is 9.98. The third kappa shape index (κ3) is 3.43. The van der Waals surface area contributed by atoms with Gasteiger partial charge in [-0.2, -0.15) is 0 Å². The van der Waals surface area contributed by atoms with Gasteiger partial charge in [0.05, 0.1) is 11.7 Å². The summed E-state index contributed by atoms with van der Waals surface area (Å²) in [5.74, 6) is 0.0827. The molecule has 0 radical (unpaired) electrons. The van der Waals surface area contributed by atoms with Gasteiger partial charge in [0.15, 0.2) is 0 Å². The molecule has 29 heavy (non-hydrogen) atoms. The van der Waals surface area contributed by atoms with E-state index in [0.717, 1.165) is 12.8 Å². The van der Waals surface area contributed by atoms with Gasteiger partial charge in [-0.15, -0.1) is 0 Å². The summed E-state index contributed by atoms with van der Waals surface area (Å²) in [4.78, 5) is 14.5. The Labute approximate surface area is 171 Å². The van der Waals surface area contributed by atoms with E-state index in [-0.39, 0.29) is 23.7 Å². The van der Waals surface area contributed by atoms with Crippen molar-refractivity contribution >= 4 is 6.09 Å². The molecule has 0 aromatic heterocycles. The van der Waals surface area contributed by atoms with Crippen LogP contribution in [0.15, 0.2) is 48.5 Å². The standard InChI is InChI=1S/C24H27NO4/c26-17-9-14-29-24(15-17)10-12-25(13-11-24)23(27)28-16-22-20-7-3-1-5-18(20)19-6-2-4-8-21(19)22/h1-8,17,22,26H,9-16H2. The van der Waals surface area contributed by atoms with Crippen LogP contribution in [-0.4, -0.2) is 54.1 Å². The minimum absolute atomic E-state index is 0.0827. The molecule has 5 nitrogen and oxygen atoms in total. The third-order valence-electron chi connectivity index (χ3n) is 6.74. The first-order valence-electron chi connectivity index (χ1n) is 10.6. The first kappa shape index (κ1) is 18.6. The number of carbonyl (C=O) groups excluding carboxylic acids is 1. The number of benzene rings is 2. The summed E-state index contributed by atoms with van der Waals surface area (Å²) in [7, 11) is 0. The highest BCUT2D eigenvalue weighted by Gasteiger charge is 2.41. The van der Waals surface area contributed by atoms with Gasteiger partial charge in [-0.1, -0.05) is 48.5 Å². The summed E-state index contributed by atoms with van der Waals surface area (Å²) in [5.41, 5.74) is 4.65. The molecule has 2 saturated heterocycles. The molecule has 1 amide bonds. The number of hydrogen-bond donors (Lipinski definition) is 1. The number of hydrogen-bond acceptors (Lipinski definition) is 4. The van der Waals surface area contributed by atoms with Crippen molar-refractivity contribution in [2.24, 2.45) is 0 Å². The molecule has 1 aliphatic carbocycles. The molecule has 2 aliphatic heterocycles. The van der Waals surface area contributed by atoms with Gasteiger partial charge in [-0.25, -0.2) is 4.79 Å². The van der Waals surface area contributed by atoms with Crippen LogP contribution in [0.5, 0.6) is 0 Å². The average Bonchev–Trinajstić information content (AvgIpc) is 3.06. The van der Waals surface area contributed by atoms with Crippen LogP contribution in [-0.2, 0) is 9.47 Å². The van der Waals surface area contributed by atoms with Gasteiger partial charge in [0, 0.05) is 32.0 Å². The fraction of sp³-hybridized carbons (Fsp3) is 0.458. The van der Waals surface area contributed by atoms with Gasteiger partial charge in [0.2, 0.25) is 0 Å². The smallest absolute Gasteiger partial charge is 0.409 e. The number of aliphatic hydroxyl groups is 1. The van der Waals surface area contributed by atoms with Crippen molar-refractivity contribution in [3.05, 3.63) is 59.7 Å². The minimum Gasteiger partial charge on any atom is -0.448 e. The maximum absolute atomic E-state index is 12.7. The molecular formula is C24H27NO4. The van der Waals surface area contributed by atoms with E-state index >= 15 is 0 Å². The largest absolute Gasteiger partial charge is 0.448 e. The van der Waals surface area contributed by atoms with Crippen LogP contribution in [0.4, 0.5) is 4.79 Å². The molecule has 1 unspecified atom stereocenters. The Hall–Kier alpha value is -2.37. The van der Waals surface area contributed by atoms with Crippen molar-refractivity contribution in [3.63, 3.8) is 0 Å². The van der Waals surface area contributed by atoms with Gasteiger partial charge >= 0.3 is 6.09 Å². The van der Waals surface area contributed by atoms with Crippen LogP contribution in [0.1, 0.15) is 42.7 Å². The monoisotopic (exact) mass is 393 g/mol. The number of rotatable bonds is 2. The highest BCUT2D eigenvalue weighted by atomic mass is 16.6. The molecule has 5 heteroatoms. The number of piperidine rings is 1. The molecular weight excluding hydrogens is 366 g/mol. The van der Waals surface area contributed by atoms with Crippen molar-refractivity contribution in [2.75, 3.05) is 26.3 Å². The molecule has 2 heterocycles. The van der Waals surface area contributed by atoms with Gasteiger partial charge in [-0.3, -0.25) is 0 Å². The maximum Gasteiger partial charge on any atom is 0.409 e. The predicted octanol–water partition coefficient (Wildman–Crippen LogP) is 3.94. The maximum atomic E-state index is 12.7. The second kappa shape index (κ2) is 7.47. The zero-order valence-electron chi connectivity index (χ0n) is 16.5. The van der Waals surface area contributed by atoms with Gasteiger partial charge < -0.3 is 19.5 Å². The van der Waals surface area contributed by atoms with Gasteiger partial charge in [0.25, 0.3) is 0 Å². The van der Waals surface area contributed by atoms with Crippen LogP contribution in [0, 0.1) is 0 Å². The second-order valence-corrected chi connectivity index (χ2v) is 8.47. The fourth-order valence-electron chi connectivity index (χ4n) is 5.13. The Morgan fingerprint density at radius 3 is 2.31 bits per heavy atom. The SMILES string of the molecule is O=C(OCC1c2ccccc2-c2ccccc21)N1CCC2(CC1)CC(O)CCO2. The lowest BCUT2D eigenvalue weighted by molar-refractivity contribution is -0.140. The van der Waals surface area contributed by atoms with Crippen molar-refractivity contribution in [1.29, 1.82) is 0 Å². The van der Waals surface area contributed by atoms with E-state index in [9.17, 15) is 9.90 Å².